The Morgan fingerprint density at radius 1 is 1.53 bits per heavy atom. The largest absolute Gasteiger partial charge is 0.481 e. The highest BCUT2D eigenvalue weighted by Gasteiger charge is 2.31. The summed E-state index contributed by atoms with van der Waals surface area (Å²) < 4.78 is 5.40. The normalized spacial score (nSPS) is 22.1. The van der Waals surface area contributed by atoms with E-state index in [9.17, 15) is 9.90 Å². The zero-order valence-electron chi connectivity index (χ0n) is 10.1. The van der Waals surface area contributed by atoms with Crippen molar-refractivity contribution < 1.29 is 14.6 Å². The number of ether oxygens (including phenoxy) is 1. The summed E-state index contributed by atoms with van der Waals surface area (Å²) in [5.41, 5.74) is 2.00. The van der Waals surface area contributed by atoms with E-state index in [2.05, 4.69) is 0 Å². The summed E-state index contributed by atoms with van der Waals surface area (Å²) in [6, 6.07) is 7.78. The highest BCUT2D eigenvalue weighted by atomic mass is 16.5. The number of carboxylic acid groups (broad SMARTS) is 1. The Morgan fingerprint density at radius 3 is 2.94 bits per heavy atom. The molecule has 0 bridgehead atoms. The fourth-order valence-electron chi connectivity index (χ4n) is 2.51. The average Bonchev–Trinajstić information content (AvgIpc) is 2.30. The lowest BCUT2D eigenvalue weighted by molar-refractivity contribution is -0.141. The van der Waals surface area contributed by atoms with Gasteiger partial charge in [-0.2, -0.15) is 0 Å². The van der Waals surface area contributed by atoms with Gasteiger partial charge in [0.1, 0.15) is 0 Å². The van der Waals surface area contributed by atoms with Gasteiger partial charge in [-0.05, 0) is 31.2 Å². The van der Waals surface area contributed by atoms with E-state index < -0.39 is 11.9 Å². The van der Waals surface area contributed by atoms with Crippen LogP contribution in [0.25, 0.3) is 0 Å². The van der Waals surface area contributed by atoms with E-state index in [1.54, 1.807) is 0 Å². The van der Waals surface area contributed by atoms with E-state index in [1.807, 2.05) is 31.2 Å². The fourth-order valence-corrected chi connectivity index (χ4v) is 2.51. The van der Waals surface area contributed by atoms with Gasteiger partial charge in [0.25, 0.3) is 0 Å². The van der Waals surface area contributed by atoms with Gasteiger partial charge in [-0.3, -0.25) is 4.79 Å². The third-order valence-corrected chi connectivity index (χ3v) is 3.33. The van der Waals surface area contributed by atoms with Crippen LogP contribution in [0.5, 0.6) is 0 Å². The van der Waals surface area contributed by atoms with Crippen molar-refractivity contribution >= 4 is 5.97 Å². The van der Waals surface area contributed by atoms with Crippen molar-refractivity contribution in [2.45, 2.75) is 25.7 Å². The highest BCUT2D eigenvalue weighted by Crippen LogP contribution is 2.31. The van der Waals surface area contributed by atoms with Crippen molar-refractivity contribution in [1.29, 1.82) is 0 Å². The van der Waals surface area contributed by atoms with Crippen LogP contribution >= 0.6 is 0 Å². The molecule has 0 aromatic heterocycles. The minimum absolute atomic E-state index is 0.100. The van der Waals surface area contributed by atoms with Gasteiger partial charge in [0.05, 0.1) is 12.5 Å². The summed E-state index contributed by atoms with van der Waals surface area (Å²) in [5, 5.41) is 9.41. The van der Waals surface area contributed by atoms with Crippen LogP contribution in [0.15, 0.2) is 24.3 Å². The first-order chi connectivity index (χ1) is 8.18. The number of carboxylic acids is 1. The number of aliphatic carboxylic acids is 1. The summed E-state index contributed by atoms with van der Waals surface area (Å²) in [4.78, 5) is 11.5. The van der Waals surface area contributed by atoms with Crippen LogP contribution in [0.3, 0.4) is 0 Å². The Labute approximate surface area is 101 Å². The van der Waals surface area contributed by atoms with Crippen molar-refractivity contribution in [3.63, 3.8) is 0 Å². The number of hydrogen-bond donors (Lipinski definition) is 1. The summed E-state index contributed by atoms with van der Waals surface area (Å²) in [5.74, 6) is -1.08. The second-order valence-corrected chi connectivity index (χ2v) is 4.71. The molecule has 17 heavy (non-hydrogen) atoms. The lowest BCUT2D eigenvalue weighted by Gasteiger charge is -2.28. The molecule has 0 saturated carbocycles. The van der Waals surface area contributed by atoms with Gasteiger partial charge in [-0.25, -0.2) is 0 Å². The zero-order chi connectivity index (χ0) is 12.3. The standard InChI is InChI=1S/C14H18O3/c1-10-4-2-5-11(8-10)13(14(15)16)12-6-3-7-17-9-12/h2,4-5,8,12-13H,3,6-7,9H2,1H3,(H,15,16). The van der Waals surface area contributed by atoms with Crippen LogP contribution in [-0.2, 0) is 9.53 Å². The van der Waals surface area contributed by atoms with E-state index in [0.717, 1.165) is 30.6 Å². The van der Waals surface area contributed by atoms with Crippen LogP contribution in [-0.4, -0.2) is 24.3 Å². The molecule has 92 valence electrons. The maximum Gasteiger partial charge on any atom is 0.311 e. The van der Waals surface area contributed by atoms with Gasteiger partial charge < -0.3 is 9.84 Å². The van der Waals surface area contributed by atoms with E-state index in [1.165, 1.54) is 0 Å². The molecule has 1 aromatic rings. The fraction of sp³-hybridized carbons (Fsp3) is 0.500. The summed E-state index contributed by atoms with van der Waals surface area (Å²) in [6.45, 7) is 3.31. The number of aryl methyl sites for hydroxylation is 1. The minimum atomic E-state index is -0.744. The van der Waals surface area contributed by atoms with Gasteiger partial charge in [0.2, 0.25) is 0 Å². The molecule has 2 unspecified atom stereocenters. The molecule has 3 nitrogen and oxygen atoms in total. The van der Waals surface area contributed by atoms with Crippen LogP contribution in [0.4, 0.5) is 0 Å². The smallest absolute Gasteiger partial charge is 0.311 e. The van der Waals surface area contributed by atoms with Crippen molar-refractivity contribution in [1.82, 2.24) is 0 Å². The Bertz CT molecular complexity index is 394. The lowest BCUT2D eigenvalue weighted by atomic mass is 9.82. The maximum absolute atomic E-state index is 11.5. The van der Waals surface area contributed by atoms with E-state index >= 15 is 0 Å². The lowest BCUT2D eigenvalue weighted by Crippen LogP contribution is -2.28. The minimum Gasteiger partial charge on any atom is -0.481 e. The van der Waals surface area contributed by atoms with E-state index in [4.69, 9.17) is 4.74 Å². The van der Waals surface area contributed by atoms with Gasteiger partial charge in [0, 0.05) is 6.61 Å². The highest BCUT2D eigenvalue weighted by molar-refractivity contribution is 5.76. The molecule has 0 radical (unpaired) electrons. The third-order valence-electron chi connectivity index (χ3n) is 3.33. The van der Waals surface area contributed by atoms with Crippen LogP contribution < -0.4 is 0 Å². The van der Waals surface area contributed by atoms with Gasteiger partial charge in [-0.15, -0.1) is 0 Å². The molecule has 1 N–H and O–H groups in total. The molecule has 0 amide bonds. The SMILES string of the molecule is Cc1cccc(C(C(=O)O)C2CCCOC2)c1. The molecule has 1 fully saturated rings. The number of benzene rings is 1. The molecule has 1 aromatic carbocycles. The second-order valence-electron chi connectivity index (χ2n) is 4.71. The molecule has 2 atom stereocenters. The molecule has 1 aliphatic heterocycles. The van der Waals surface area contributed by atoms with Crippen molar-refractivity contribution in [2.75, 3.05) is 13.2 Å². The Hall–Kier alpha value is -1.35. The first kappa shape index (κ1) is 12.1. The molecule has 1 heterocycles. The first-order valence-corrected chi connectivity index (χ1v) is 6.05. The molecular weight excluding hydrogens is 216 g/mol. The Balaban J connectivity index is 2.25. The average molecular weight is 234 g/mol. The number of rotatable bonds is 3. The molecule has 0 spiro atoms. The first-order valence-electron chi connectivity index (χ1n) is 6.05. The monoisotopic (exact) mass is 234 g/mol. The Kier molecular flexibility index (Phi) is 3.79. The van der Waals surface area contributed by atoms with Crippen LogP contribution in [0.1, 0.15) is 29.9 Å². The Morgan fingerprint density at radius 2 is 2.35 bits per heavy atom. The molecule has 1 saturated heterocycles. The third kappa shape index (κ3) is 2.86. The molecular formula is C14H18O3. The molecule has 0 aliphatic carbocycles. The summed E-state index contributed by atoms with van der Waals surface area (Å²) >= 11 is 0. The van der Waals surface area contributed by atoms with E-state index in [0.29, 0.717) is 6.61 Å². The van der Waals surface area contributed by atoms with E-state index in [-0.39, 0.29) is 5.92 Å². The van der Waals surface area contributed by atoms with Gasteiger partial charge in [0.15, 0.2) is 0 Å². The van der Waals surface area contributed by atoms with Crippen molar-refractivity contribution in [3.8, 4) is 0 Å². The van der Waals surface area contributed by atoms with Crippen LogP contribution in [0.2, 0.25) is 0 Å². The summed E-state index contributed by atoms with van der Waals surface area (Å²) in [7, 11) is 0. The quantitative estimate of drug-likeness (QED) is 0.874. The van der Waals surface area contributed by atoms with Gasteiger partial charge >= 0.3 is 5.97 Å². The number of hydrogen-bond acceptors (Lipinski definition) is 2. The van der Waals surface area contributed by atoms with Crippen molar-refractivity contribution in [3.05, 3.63) is 35.4 Å². The number of carbonyl (C=O) groups is 1. The zero-order valence-corrected chi connectivity index (χ0v) is 10.1. The molecule has 2 rings (SSSR count). The van der Waals surface area contributed by atoms with Crippen molar-refractivity contribution in [2.24, 2.45) is 5.92 Å². The topological polar surface area (TPSA) is 46.5 Å². The maximum atomic E-state index is 11.5. The molecule has 1 aliphatic rings. The van der Waals surface area contributed by atoms with Gasteiger partial charge in [-0.1, -0.05) is 29.8 Å². The summed E-state index contributed by atoms with van der Waals surface area (Å²) in [6.07, 6.45) is 1.89. The second kappa shape index (κ2) is 5.32. The predicted molar refractivity (Wildman–Crippen MR) is 65.1 cm³/mol. The van der Waals surface area contributed by atoms with Crippen LogP contribution in [0, 0.1) is 12.8 Å². The molecule has 3 heteroatoms. The predicted octanol–water partition coefficient (Wildman–Crippen LogP) is 2.59.